The highest BCUT2D eigenvalue weighted by Crippen LogP contribution is 2.43. The Labute approximate surface area is 192 Å². The van der Waals surface area contributed by atoms with Gasteiger partial charge in [-0.2, -0.15) is 0 Å². The molecule has 0 bridgehead atoms. The molecule has 0 radical (unpaired) electrons. The van der Waals surface area contributed by atoms with Gasteiger partial charge >= 0.3 is 5.91 Å². The first-order valence-electron chi connectivity index (χ1n) is 9.71. The summed E-state index contributed by atoms with van der Waals surface area (Å²) in [5.74, 6) is -1.55. The molecule has 33 heavy (non-hydrogen) atoms. The van der Waals surface area contributed by atoms with Crippen molar-refractivity contribution in [2.75, 3.05) is 11.5 Å². The second-order valence-corrected chi connectivity index (χ2v) is 7.83. The van der Waals surface area contributed by atoms with Crippen molar-refractivity contribution in [3.63, 3.8) is 0 Å². The zero-order chi connectivity index (χ0) is 23.5. The first-order valence-corrected chi connectivity index (χ1v) is 10.6. The van der Waals surface area contributed by atoms with Crippen LogP contribution < -0.4 is 9.64 Å². The number of aromatic nitrogens is 1. The molecule has 9 nitrogen and oxygen atoms in total. The van der Waals surface area contributed by atoms with Crippen LogP contribution in [0.2, 0.25) is 0 Å². The monoisotopic (exact) mass is 463 g/mol. The number of ether oxygens (including phenoxy) is 1. The lowest BCUT2D eigenvalue weighted by molar-refractivity contribution is -0.384. The van der Waals surface area contributed by atoms with Gasteiger partial charge in [0.1, 0.15) is 18.1 Å². The molecule has 0 saturated carbocycles. The highest BCUT2D eigenvalue weighted by molar-refractivity contribution is 7.14. The van der Waals surface area contributed by atoms with Crippen molar-refractivity contribution in [1.29, 1.82) is 0 Å². The molecule has 4 rings (SSSR count). The summed E-state index contributed by atoms with van der Waals surface area (Å²) in [5, 5.41) is 24.0. The summed E-state index contributed by atoms with van der Waals surface area (Å²) in [6.45, 7) is 3.89. The molecule has 1 aliphatic rings. The molecular weight excluding hydrogens is 446 g/mol. The third-order valence-corrected chi connectivity index (χ3v) is 5.76. The number of aliphatic hydroxyl groups is 1. The predicted octanol–water partition coefficient (Wildman–Crippen LogP) is 4.24. The Morgan fingerprint density at radius 3 is 2.48 bits per heavy atom. The summed E-state index contributed by atoms with van der Waals surface area (Å²) in [5.41, 5.74) is 0.455. The van der Waals surface area contributed by atoms with Crippen molar-refractivity contribution < 1.29 is 24.4 Å². The van der Waals surface area contributed by atoms with E-state index in [1.54, 1.807) is 35.7 Å². The minimum Gasteiger partial charge on any atom is -0.507 e. The van der Waals surface area contributed by atoms with E-state index >= 15 is 0 Å². The number of carbonyl (C=O) groups excluding carboxylic acids is 2. The maximum atomic E-state index is 13.0. The number of benzene rings is 2. The Balaban J connectivity index is 1.83. The van der Waals surface area contributed by atoms with Crippen LogP contribution in [-0.4, -0.2) is 33.3 Å². The average molecular weight is 463 g/mol. The number of carbonyl (C=O) groups is 2. The zero-order valence-electron chi connectivity index (χ0n) is 17.1. The number of nitro benzene ring substituents is 1. The van der Waals surface area contributed by atoms with Crippen LogP contribution in [0.1, 0.15) is 17.2 Å². The zero-order valence-corrected chi connectivity index (χ0v) is 17.9. The number of thiazole rings is 1. The standard InChI is InChI=1S/C23H17N3O6S/c1-2-12-32-17-9-5-15(6-10-17)20(27)18-19(14-3-7-16(8-4-14)26(30)31)25(22(29)21(18)28)23-24-11-13-33-23/h2-11,13,19,27H,1,12H2/b20-18+. The van der Waals surface area contributed by atoms with Crippen molar-refractivity contribution in [2.45, 2.75) is 6.04 Å². The lowest BCUT2D eigenvalue weighted by Gasteiger charge is -2.22. The summed E-state index contributed by atoms with van der Waals surface area (Å²) in [4.78, 5) is 41.8. The van der Waals surface area contributed by atoms with Crippen LogP contribution in [0.15, 0.2) is 78.3 Å². The van der Waals surface area contributed by atoms with Gasteiger partial charge in [0.2, 0.25) is 0 Å². The molecule has 1 saturated heterocycles. The summed E-state index contributed by atoms with van der Waals surface area (Å²) in [7, 11) is 0. The first-order chi connectivity index (χ1) is 15.9. The predicted molar refractivity (Wildman–Crippen MR) is 122 cm³/mol. The fourth-order valence-corrected chi connectivity index (χ4v) is 4.15. The second kappa shape index (κ2) is 9.05. The van der Waals surface area contributed by atoms with Crippen molar-refractivity contribution in [3.8, 4) is 5.75 Å². The number of anilines is 1. The van der Waals surface area contributed by atoms with Gasteiger partial charge in [-0.15, -0.1) is 11.3 Å². The molecule has 1 amide bonds. The summed E-state index contributed by atoms with van der Waals surface area (Å²) in [6, 6.07) is 10.8. The molecule has 0 aliphatic carbocycles. The Morgan fingerprint density at radius 1 is 1.21 bits per heavy atom. The molecule has 2 heterocycles. The Kier molecular flexibility index (Phi) is 6.01. The summed E-state index contributed by atoms with van der Waals surface area (Å²) >= 11 is 1.16. The Hall–Kier alpha value is -4.31. The Bertz CT molecular complexity index is 1250. The van der Waals surface area contributed by atoms with E-state index in [0.29, 0.717) is 23.5 Å². The third-order valence-electron chi connectivity index (χ3n) is 4.99. The second-order valence-electron chi connectivity index (χ2n) is 6.96. The van der Waals surface area contributed by atoms with Crippen LogP contribution in [-0.2, 0) is 9.59 Å². The fraction of sp³-hybridized carbons (Fsp3) is 0.0870. The van der Waals surface area contributed by atoms with E-state index in [1.807, 2.05) is 0 Å². The minimum absolute atomic E-state index is 0.135. The molecule has 1 fully saturated rings. The van der Waals surface area contributed by atoms with Gasteiger partial charge in [0.25, 0.3) is 11.5 Å². The van der Waals surface area contributed by atoms with Crippen LogP contribution >= 0.6 is 11.3 Å². The van der Waals surface area contributed by atoms with Gasteiger partial charge in [0, 0.05) is 29.3 Å². The number of non-ortho nitro benzene ring substituents is 1. The smallest absolute Gasteiger partial charge is 0.301 e. The fourth-order valence-electron chi connectivity index (χ4n) is 3.48. The topological polar surface area (TPSA) is 123 Å². The average Bonchev–Trinajstić information content (AvgIpc) is 3.44. The number of hydrogen-bond donors (Lipinski definition) is 1. The summed E-state index contributed by atoms with van der Waals surface area (Å²) in [6.07, 6.45) is 3.09. The summed E-state index contributed by atoms with van der Waals surface area (Å²) < 4.78 is 5.43. The van der Waals surface area contributed by atoms with E-state index in [-0.39, 0.29) is 22.2 Å². The first kappa shape index (κ1) is 21.9. The molecule has 1 unspecified atom stereocenters. The molecule has 1 atom stereocenters. The lowest BCUT2D eigenvalue weighted by atomic mass is 9.95. The molecule has 1 N–H and O–H groups in total. The van der Waals surface area contributed by atoms with Gasteiger partial charge in [-0.05, 0) is 42.0 Å². The number of nitrogens with zero attached hydrogens (tertiary/aromatic N) is 3. The van der Waals surface area contributed by atoms with Gasteiger partial charge in [-0.25, -0.2) is 4.98 Å². The SMILES string of the molecule is C=CCOc1ccc(/C(O)=C2\C(=O)C(=O)N(c3nccs3)C2c2ccc([N+](=O)[O-])cc2)cc1. The number of amides is 1. The largest absolute Gasteiger partial charge is 0.507 e. The normalized spacial score (nSPS) is 17.2. The van der Waals surface area contributed by atoms with Crippen molar-refractivity contribution in [1.82, 2.24) is 4.98 Å². The number of ketones is 1. The van der Waals surface area contributed by atoms with Crippen LogP contribution in [0.5, 0.6) is 5.75 Å². The van der Waals surface area contributed by atoms with E-state index < -0.39 is 22.7 Å². The molecule has 1 aromatic heterocycles. The molecule has 0 spiro atoms. The molecule has 10 heteroatoms. The van der Waals surface area contributed by atoms with Crippen LogP contribution in [0.4, 0.5) is 10.8 Å². The number of hydrogen-bond acceptors (Lipinski definition) is 8. The maximum absolute atomic E-state index is 13.0. The van der Waals surface area contributed by atoms with Gasteiger partial charge in [-0.3, -0.25) is 24.6 Å². The van der Waals surface area contributed by atoms with Crippen molar-refractivity contribution in [3.05, 3.63) is 99.6 Å². The minimum atomic E-state index is -1.01. The molecular formula is C23H17N3O6S. The molecule has 1 aliphatic heterocycles. The Morgan fingerprint density at radius 2 is 1.91 bits per heavy atom. The molecule has 3 aromatic rings. The molecule has 166 valence electrons. The quantitative estimate of drug-likeness (QED) is 0.139. The number of Topliss-reactive ketones (excluding diaryl/α,β-unsaturated/α-hetero) is 1. The highest BCUT2D eigenvalue weighted by Gasteiger charge is 2.48. The van der Waals surface area contributed by atoms with Crippen molar-refractivity contribution >= 4 is 39.6 Å². The van der Waals surface area contributed by atoms with Crippen LogP contribution in [0, 0.1) is 10.1 Å². The number of aliphatic hydroxyl groups excluding tert-OH is 1. The van der Waals surface area contributed by atoms with Crippen LogP contribution in [0.3, 0.4) is 0 Å². The van der Waals surface area contributed by atoms with Gasteiger partial charge in [-0.1, -0.05) is 12.7 Å². The van der Waals surface area contributed by atoms with Gasteiger partial charge in [0.15, 0.2) is 5.13 Å². The van der Waals surface area contributed by atoms with Gasteiger partial charge < -0.3 is 9.84 Å². The lowest BCUT2D eigenvalue weighted by Crippen LogP contribution is -2.29. The third kappa shape index (κ3) is 4.11. The van der Waals surface area contributed by atoms with Crippen molar-refractivity contribution in [2.24, 2.45) is 0 Å². The number of nitro groups is 1. The van der Waals surface area contributed by atoms with E-state index in [1.165, 1.54) is 35.4 Å². The van der Waals surface area contributed by atoms with E-state index in [4.69, 9.17) is 4.74 Å². The van der Waals surface area contributed by atoms with E-state index in [9.17, 15) is 24.8 Å². The van der Waals surface area contributed by atoms with E-state index in [2.05, 4.69) is 11.6 Å². The maximum Gasteiger partial charge on any atom is 0.301 e. The van der Waals surface area contributed by atoms with Gasteiger partial charge in [0.05, 0.1) is 16.5 Å². The van der Waals surface area contributed by atoms with E-state index in [0.717, 1.165) is 11.3 Å². The highest BCUT2D eigenvalue weighted by atomic mass is 32.1. The number of rotatable bonds is 7. The van der Waals surface area contributed by atoms with Crippen LogP contribution in [0.25, 0.3) is 5.76 Å². The molecule has 2 aromatic carbocycles.